The predicted octanol–water partition coefficient (Wildman–Crippen LogP) is 3.37. The number of carbonyl (C=O) groups is 1. The Labute approximate surface area is 165 Å². The zero-order valence-electron chi connectivity index (χ0n) is 16.6. The Bertz CT molecular complexity index is 800. The standard InChI is InChI=1S/C22H27FN2O3/c1-15-13-25(14-16(2)28-15)22(26)19-7-4-17(5-8-19)11-24-12-18-6-9-21(27-3)20(23)10-18/h4-10,15-16,24H,11-14H2,1-3H3/t15-,16-/m0/s1. The molecule has 28 heavy (non-hydrogen) atoms. The Morgan fingerprint density at radius 1 is 1.11 bits per heavy atom. The summed E-state index contributed by atoms with van der Waals surface area (Å²) in [4.78, 5) is 14.5. The van der Waals surface area contributed by atoms with Crippen molar-refractivity contribution in [3.8, 4) is 5.75 Å². The van der Waals surface area contributed by atoms with E-state index >= 15 is 0 Å². The van der Waals surface area contributed by atoms with Crippen LogP contribution in [0.1, 0.15) is 35.3 Å². The van der Waals surface area contributed by atoms with Crippen molar-refractivity contribution < 1.29 is 18.7 Å². The predicted molar refractivity (Wildman–Crippen MR) is 106 cm³/mol. The molecule has 5 nitrogen and oxygen atoms in total. The van der Waals surface area contributed by atoms with Gasteiger partial charge in [0.2, 0.25) is 0 Å². The molecule has 6 heteroatoms. The zero-order chi connectivity index (χ0) is 20.1. The van der Waals surface area contributed by atoms with Gasteiger partial charge in [-0.3, -0.25) is 4.79 Å². The highest BCUT2D eigenvalue weighted by Crippen LogP contribution is 2.18. The van der Waals surface area contributed by atoms with Gasteiger partial charge in [-0.1, -0.05) is 18.2 Å². The second-order valence-corrected chi connectivity index (χ2v) is 7.24. The smallest absolute Gasteiger partial charge is 0.254 e. The minimum atomic E-state index is -0.364. The van der Waals surface area contributed by atoms with Crippen molar-refractivity contribution in [1.29, 1.82) is 0 Å². The number of nitrogens with one attached hydrogen (secondary N) is 1. The zero-order valence-corrected chi connectivity index (χ0v) is 16.6. The van der Waals surface area contributed by atoms with Gasteiger partial charge >= 0.3 is 0 Å². The molecule has 2 atom stereocenters. The van der Waals surface area contributed by atoms with Crippen LogP contribution in [0.5, 0.6) is 5.75 Å². The molecule has 1 N–H and O–H groups in total. The van der Waals surface area contributed by atoms with E-state index in [-0.39, 0.29) is 29.7 Å². The molecule has 1 heterocycles. The van der Waals surface area contributed by atoms with E-state index in [0.717, 1.165) is 11.1 Å². The molecular weight excluding hydrogens is 359 g/mol. The van der Waals surface area contributed by atoms with Crippen molar-refractivity contribution in [2.45, 2.75) is 39.1 Å². The van der Waals surface area contributed by atoms with Crippen molar-refractivity contribution >= 4 is 5.91 Å². The monoisotopic (exact) mass is 386 g/mol. The van der Waals surface area contributed by atoms with Crippen LogP contribution < -0.4 is 10.1 Å². The van der Waals surface area contributed by atoms with Crippen molar-refractivity contribution in [3.63, 3.8) is 0 Å². The van der Waals surface area contributed by atoms with E-state index in [9.17, 15) is 9.18 Å². The van der Waals surface area contributed by atoms with Crippen LogP contribution >= 0.6 is 0 Å². The summed E-state index contributed by atoms with van der Waals surface area (Å²) in [6, 6.07) is 12.5. The number of hydrogen-bond acceptors (Lipinski definition) is 4. The van der Waals surface area contributed by atoms with Gasteiger partial charge in [0.25, 0.3) is 5.91 Å². The minimum absolute atomic E-state index is 0.0372. The molecule has 150 valence electrons. The van der Waals surface area contributed by atoms with Crippen LogP contribution in [0.2, 0.25) is 0 Å². The molecule has 2 aromatic rings. The number of ether oxygens (including phenoxy) is 2. The molecule has 0 spiro atoms. The third-order valence-corrected chi connectivity index (χ3v) is 4.78. The second-order valence-electron chi connectivity index (χ2n) is 7.24. The molecule has 0 aromatic heterocycles. The van der Waals surface area contributed by atoms with Gasteiger partial charge in [-0.05, 0) is 49.2 Å². The number of nitrogens with zero attached hydrogens (tertiary/aromatic N) is 1. The van der Waals surface area contributed by atoms with Gasteiger partial charge in [0.1, 0.15) is 0 Å². The highest BCUT2D eigenvalue weighted by atomic mass is 19.1. The van der Waals surface area contributed by atoms with Crippen molar-refractivity contribution in [2.75, 3.05) is 20.2 Å². The van der Waals surface area contributed by atoms with E-state index in [1.807, 2.05) is 49.1 Å². The molecule has 3 rings (SSSR count). The van der Waals surface area contributed by atoms with Crippen LogP contribution in [0, 0.1) is 5.82 Å². The SMILES string of the molecule is COc1ccc(CNCc2ccc(C(=O)N3C[C@H](C)O[C@@H](C)C3)cc2)cc1F. The van der Waals surface area contributed by atoms with Gasteiger partial charge in [0, 0.05) is 31.7 Å². The normalized spacial score (nSPS) is 19.5. The molecule has 1 amide bonds. The summed E-state index contributed by atoms with van der Waals surface area (Å²) in [5.74, 6) is -0.0836. The molecule has 0 radical (unpaired) electrons. The Morgan fingerprint density at radius 2 is 1.71 bits per heavy atom. The molecule has 1 aliphatic rings. The fraction of sp³-hybridized carbons (Fsp3) is 0.409. The van der Waals surface area contributed by atoms with Gasteiger partial charge < -0.3 is 19.7 Å². The molecule has 1 fully saturated rings. The van der Waals surface area contributed by atoms with Crippen LogP contribution in [0.25, 0.3) is 0 Å². The van der Waals surface area contributed by atoms with Gasteiger partial charge in [0.15, 0.2) is 11.6 Å². The first-order valence-corrected chi connectivity index (χ1v) is 9.53. The highest BCUT2D eigenvalue weighted by molar-refractivity contribution is 5.94. The van der Waals surface area contributed by atoms with Crippen LogP contribution in [-0.4, -0.2) is 43.2 Å². The van der Waals surface area contributed by atoms with Gasteiger partial charge in [0.05, 0.1) is 19.3 Å². The summed E-state index contributed by atoms with van der Waals surface area (Å²) in [7, 11) is 1.45. The lowest BCUT2D eigenvalue weighted by Crippen LogP contribution is -2.48. The molecule has 1 aliphatic heterocycles. The number of morpholine rings is 1. The lowest BCUT2D eigenvalue weighted by atomic mass is 10.1. The summed E-state index contributed by atoms with van der Waals surface area (Å²) in [5.41, 5.74) is 2.59. The maximum Gasteiger partial charge on any atom is 0.254 e. The number of rotatable bonds is 6. The third-order valence-electron chi connectivity index (χ3n) is 4.78. The average Bonchev–Trinajstić information content (AvgIpc) is 2.67. The Kier molecular flexibility index (Phi) is 6.65. The number of halogens is 1. The van der Waals surface area contributed by atoms with E-state index < -0.39 is 0 Å². The quantitative estimate of drug-likeness (QED) is 0.827. The van der Waals surface area contributed by atoms with Gasteiger partial charge in [-0.15, -0.1) is 0 Å². The molecule has 0 bridgehead atoms. The van der Waals surface area contributed by atoms with Crippen LogP contribution in [-0.2, 0) is 17.8 Å². The summed E-state index contributed by atoms with van der Waals surface area (Å²) >= 11 is 0. The highest BCUT2D eigenvalue weighted by Gasteiger charge is 2.26. The maximum absolute atomic E-state index is 13.7. The van der Waals surface area contributed by atoms with Crippen LogP contribution in [0.3, 0.4) is 0 Å². The number of hydrogen-bond donors (Lipinski definition) is 1. The largest absolute Gasteiger partial charge is 0.494 e. The van der Waals surface area contributed by atoms with Crippen molar-refractivity contribution in [3.05, 3.63) is 65.0 Å². The van der Waals surface area contributed by atoms with E-state index in [1.54, 1.807) is 6.07 Å². The van der Waals surface area contributed by atoms with Gasteiger partial charge in [-0.25, -0.2) is 4.39 Å². The van der Waals surface area contributed by atoms with E-state index in [0.29, 0.717) is 31.7 Å². The van der Waals surface area contributed by atoms with Gasteiger partial charge in [-0.2, -0.15) is 0 Å². The lowest BCUT2D eigenvalue weighted by Gasteiger charge is -2.35. The number of carbonyl (C=O) groups excluding carboxylic acids is 1. The third kappa shape index (κ3) is 5.09. The van der Waals surface area contributed by atoms with Crippen molar-refractivity contribution in [1.82, 2.24) is 10.2 Å². The fourth-order valence-corrected chi connectivity index (χ4v) is 3.46. The second kappa shape index (κ2) is 9.17. The van der Waals surface area contributed by atoms with E-state index in [4.69, 9.17) is 9.47 Å². The van der Waals surface area contributed by atoms with E-state index in [1.165, 1.54) is 13.2 Å². The Hall–Kier alpha value is -2.44. The first kappa shape index (κ1) is 20.3. The molecular formula is C22H27FN2O3. The summed E-state index contributed by atoms with van der Waals surface area (Å²) < 4.78 is 24.3. The average molecular weight is 386 g/mol. The van der Waals surface area contributed by atoms with Crippen LogP contribution in [0.15, 0.2) is 42.5 Å². The fourth-order valence-electron chi connectivity index (χ4n) is 3.46. The minimum Gasteiger partial charge on any atom is -0.494 e. The first-order chi connectivity index (χ1) is 13.5. The molecule has 0 unspecified atom stereocenters. The number of amides is 1. The molecule has 0 saturated carbocycles. The summed E-state index contributed by atoms with van der Waals surface area (Å²) in [6.45, 7) is 6.38. The molecule has 1 saturated heterocycles. The number of benzene rings is 2. The summed E-state index contributed by atoms with van der Waals surface area (Å²) in [6.07, 6.45) is 0.109. The first-order valence-electron chi connectivity index (χ1n) is 9.53. The maximum atomic E-state index is 13.7. The molecule has 2 aromatic carbocycles. The Morgan fingerprint density at radius 3 is 2.32 bits per heavy atom. The lowest BCUT2D eigenvalue weighted by molar-refractivity contribution is -0.0586. The topological polar surface area (TPSA) is 50.8 Å². The molecule has 0 aliphatic carbocycles. The van der Waals surface area contributed by atoms with Crippen molar-refractivity contribution in [2.24, 2.45) is 0 Å². The summed E-state index contributed by atoms with van der Waals surface area (Å²) in [5, 5.41) is 3.29. The van der Waals surface area contributed by atoms with E-state index in [2.05, 4.69) is 5.32 Å². The van der Waals surface area contributed by atoms with Crippen LogP contribution in [0.4, 0.5) is 4.39 Å². The Balaban J connectivity index is 1.53. The number of methoxy groups -OCH3 is 1.